The maximum absolute atomic E-state index is 12.4. The van der Waals surface area contributed by atoms with Gasteiger partial charge in [0.05, 0.1) is 15.6 Å². The van der Waals surface area contributed by atoms with E-state index in [0.29, 0.717) is 15.6 Å². The second kappa shape index (κ2) is 5.91. The molecule has 0 aromatic heterocycles. The van der Waals surface area contributed by atoms with Gasteiger partial charge in [-0.15, -0.1) is 0 Å². The standard InChI is InChI=1S/C13H16Cl2N2O/c1-17(9-4-3-7-16-8-9)13(18)10-5-2-6-11(14)12(10)15/h2,5-6,9,16H,3-4,7-8H2,1H3. The van der Waals surface area contributed by atoms with Gasteiger partial charge in [0.25, 0.3) is 5.91 Å². The number of carbonyl (C=O) groups excluding carboxylic acids is 1. The van der Waals surface area contributed by atoms with E-state index >= 15 is 0 Å². The lowest BCUT2D eigenvalue weighted by Crippen LogP contribution is -2.46. The van der Waals surface area contributed by atoms with Crippen LogP contribution in [0.15, 0.2) is 18.2 Å². The fourth-order valence-electron chi connectivity index (χ4n) is 2.19. The third-order valence-electron chi connectivity index (χ3n) is 3.32. The molecule has 3 nitrogen and oxygen atoms in total. The smallest absolute Gasteiger partial charge is 0.255 e. The average molecular weight is 287 g/mol. The van der Waals surface area contributed by atoms with E-state index in [9.17, 15) is 4.79 Å². The van der Waals surface area contributed by atoms with Crippen LogP contribution in [0.25, 0.3) is 0 Å². The lowest BCUT2D eigenvalue weighted by Gasteiger charge is -2.32. The molecule has 0 spiro atoms. The summed E-state index contributed by atoms with van der Waals surface area (Å²) in [5, 5.41) is 4.04. The number of hydrogen-bond acceptors (Lipinski definition) is 2. The molecule has 18 heavy (non-hydrogen) atoms. The monoisotopic (exact) mass is 286 g/mol. The Morgan fingerprint density at radius 1 is 1.44 bits per heavy atom. The van der Waals surface area contributed by atoms with E-state index in [-0.39, 0.29) is 11.9 Å². The lowest BCUT2D eigenvalue weighted by molar-refractivity contribution is 0.0708. The van der Waals surface area contributed by atoms with Gasteiger partial charge in [-0.05, 0) is 31.5 Å². The first-order chi connectivity index (χ1) is 8.61. The van der Waals surface area contributed by atoms with Crippen LogP contribution in [-0.2, 0) is 0 Å². The van der Waals surface area contributed by atoms with Crippen LogP contribution in [0.4, 0.5) is 0 Å². The molecule has 0 aliphatic carbocycles. The van der Waals surface area contributed by atoms with Crippen molar-refractivity contribution in [2.24, 2.45) is 0 Å². The van der Waals surface area contributed by atoms with E-state index in [1.54, 1.807) is 23.1 Å². The van der Waals surface area contributed by atoms with Crippen LogP contribution in [0.2, 0.25) is 10.0 Å². The summed E-state index contributed by atoms with van der Waals surface area (Å²) in [7, 11) is 1.82. The van der Waals surface area contributed by atoms with Crippen LogP contribution in [0.1, 0.15) is 23.2 Å². The molecule has 2 rings (SSSR count). The van der Waals surface area contributed by atoms with E-state index in [1.807, 2.05) is 7.05 Å². The summed E-state index contributed by atoms with van der Waals surface area (Å²) in [4.78, 5) is 14.1. The molecule has 1 aromatic carbocycles. The van der Waals surface area contributed by atoms with Crippen molar-refractivity contribution in [1.29, 1.82) is 0 Å². The minimum absolute atomic E-state index is 0.0730. The number of hydrogen-bond donors (Lipinski definition) is 1. The number of likely N-dealkylation sites (N-methyl/N-ethyl adjacent to an activating group) is 1. The molecule has 1 unspecified atom stereocenters. The third-order valence-corrected chi connectivity index (χ3v) is 4.14. The maximum Gasteiger partial charge on any atom is 0.255 e. The second-order valence-electron chi connectivity index (χ2n) is 4.52. The number of amides is 1. The predicted molar refractivity (Wildman–Crippen MR) is 74.4 cm³/mol. The largest absolute Gasteiger partial charge is 0.337 e. The van der Waals surface area contributed by atoms with Gasteiger partial charge in [0, 0.05) is 19.6 Å². The molecule has 1 N–H and O–H groups in total. The van der Waals surface area contributed by atoms with Crippen molar-refractivity contribution in [1.82, 2.24) is 10.2 Å². The molecule has 1 aromatic rings. The van der Waals surface area contributed by atoms with Crippen LogP contribution < -0.4 is 5.32 Å². The van der Waals surface area contributed by atoms with E-state index in [0.717, 1.165) is 25.9 Å². The quantitative estimate of drug-likeness (QED) is 0.907. The zero-order valence-corrected chi connectivity index (χ0v) is 11.8. The van der Waals surface area contributed by atoms with Gasteiger partial charge in [0.1, 0.15) is 0 Å². The first-order valence-electron chi connectivity index (χ1n) is 6.03. The van der Waals surface area contributed by atoms with Crippen molar-refractivity contribution in [3.63, 3.8) is 0 Å². The number of halogens is 2. The molecular formula is C13H16Cl2N2O. The number of carbonyl (C=O) groups is 1. The van der Waals surface area contributed by atoms with Crippen LogP contribution in [0, 0.1) is 0 Å². The number of benzene rings is 1. The molecule has 1 saturated heterocycles. The van der Waals surface area contributed by atoms with E-state index in [2.05, 4.69) is 5.32 Å². The van der Waals surface area contributed by atoms with Crippen molar-refractivity contribution < 1.29 is 4.79 Å². The van der Waals surface area contributed by atoms with Gasteiger partial charge in [0.2, 0.25) is 0 Å². The van der Waals surface area contributed by atoms with Crippen molar-refractivity contribution in [2.45, 2.75) is 18.9 Å². The fraction of sp³-hybridized carbons (Fsp3) is 0.462. The molecule has 1 heterocycles. The molecule has 1 aliphatic rings. The van der Waals surface area contributed by atoms with Crippen molar-refractivity contribution >= 4 is 29.1 Å². The van der Waals surface area contributed by atoms with Crippen LogP contribution in [0.5, 0.6) is 0 Å². The van der Waals surface area contributed by atoms with Crippen molar-refractivity contribution in [2.75, 3.05) is 20.1 Å². The van der Waals surface area contributed by atoms with E-state index in [4.69, 9.17) is 23.2 Å². The highest BCUT2D eigenvalue weighted by molar-refractivity contribution is 6.43. The highest BCUT2D eigenvalue weighted by Gasteiger charge is 2.24. The number of rotatable bonds is 2. The molecule has 98 valence electrons. The Morgan fingerprint density at radius 3 is 2.89 bits per heavy atom. The molecule has 0 saturated carbocycles. The Bertz CT molecular complexity index is 445. The molecule has 0 bridgehead atoms. The SMILES string of the molecule is CN(C(=O)c1cccc(Cl)c1Cl)C1CCCNC1. The van der Waals surface area contributed by atoms with Crippen LogP contribution in [0.3, 0.4) is 0 Å². The molecular weight excluding hydrogens is 271 g/mol. The Hall–Kier alpha value is -0.770. The topological polar surface area (TPSA) is 32.3 Å². The number of nitrogens with one attached hydrogen (secondary N) is 1. The van der Waals surface area contributed by atoms with Gasteiger partial charge in [-0.3, -0.25) is 4.79 Å². The minimum atomic E-state index is -0.0730. The van der Waals surface area contributed by atoms with E-state index in [1.165, 1.54) is 0 Å². The zero-order valence-electron chi connectivity index (χ0n) is 10.2. The van der Waals surface area contributed by atoms with Gasteiger partial charge < -0.3 is 10.2 Å². The number of nitrogens with zero attached hydrogens (tertiary/aromatic N) is 1. The summed E-state index contributed by atoms with van der Waals surface area (Å²) >= 11 is 12.0. The maximum atomic E-state index is 12.4. The summed E-state index contributed by atoms with van der Waals surface area (Å²) in [5.74, 6) is -0.0730. The highest BCUT2D eigenvalue weighted by atomic mass is 35.5. The minimum Gasteiger partial charge on any atom is -0.337 e. The van der Waals surface area contributed by atoms with Crippen molar-refractivity contribution in [3.8, 4) is 0 Å². The lowest BCUT2D eigenvalue weighted by atomic mass is 10.1. The summed E-state index contributed by atoms with van der Waals surface area (Å²) in [6.07, 6.45) is 2.11. The number of piperidine rings is 1. The van der Waals surface area contributed by atoms with Gasteiger partial charge >= 0.3 is 0 Å². The van der Waals surface area contributed by atoms with Crippen LogP contribution in [-0.4, -0.2) is 37.0 Å². The second-order valence-corrected chi connectivity index (χ2v) is 5.30. The summed E-state index contributed by atoms with van der Waals surface area (Å²) in [6, 6.07) is 5.36. The zero-order chi connectivity index (χ0) is 13.1. The van der Waals surface area contributed by atoms with Gasteiger partial charge in [-0.25, -0.2) is 0 Å². The molecule has 1 atom stereocenters. The molecule has 1 amide bonds. The fourth-order valence-corrected chi connectivity index (χ4v) is 2.57. The van der Waals surface area contributed by atoms with Crippen molar-refractivity contribution in [3.05, 3.63) is 33.8 Å². The van der Waals surface area contributed by atoms with Gasteiger partial charge in [-0.1, -0.05) is 29.3 Å². The Kier molecular flexibility index (Phi) is 4.49. The normalized spacial score (nSPS) is 19.6. The molecule has 1 fully saturated rings. The Labute approximate surface area is 117 Å². The Balaban J connectivity index is 2.17. The summed E-state index contributed by atoms with van der Waals surface area (Å²) in [5.41, 5.74) is 0.470. The predicted octanol–water partition coefficient (Wildman–Crippen LogP) is 2.82. The molecule has 5 heteroatoms. The molecule has 0 radical (unpaired) electrons. The van der Waals surface area contributed by atoms with Gasteiger partial charge in [0.15, 0.2) is 0 Å². The Morgan fingerprint density at radius 2 is 2.22 bits per heavy atom. The van der Waals surface area contributed by atoms with E-state index < -0.39 is 0 Å². The van der Waals surface area contributed by atoms with Gasteiger partial charge in [-0.2, -0.15) is 0 Å². The first kappa shape index (κ1) is 13.7. The summed E-state index contributed by atoms with van der Waals surface area (Å²) < 4.78 is 0. The first-order valence-corrected chi connectivity index (χ1v) is 6.78. The summed E-state index contributed by atoms with van der Waals surface area (Å²) in [6.45, 7) is 1.86. The highest BCUT2D eigenvalue weighted by Crippen LogP contribution is 2.27. The molecule has 1 aliphatic heterocycles. The van der Waals surface area contributed by atoms with Crippen LogP contribution >= 0.6 is 23.2 Å². The average Bonchev–Trinajstić information content (AvgIpc) is 2.41. The third kappa shape index (κ3) is 2.79.